The van der Waals surface area contributed by atoms with Crippen molar-refractivity contribution in [1.82, 2.24) is 4.98 Å². The zero-order valence-electron chi connectivity index (χ0n) is 16.0. The Hall–Kier alpha value is -2.24. The van der Waals surface area contributed by atoms with E-state index in [1.807, 2.05) is 18.7 Å². The molecule has 0 aliphatic rings. The van der Waals surface area contributed by atoms with Crippen molar-refractivity contribution in [3.05, 3.63) is 70.7 Å². The maximum Gasteiger partial charge on any atom is 0.306 e. The summed E-state index contributed by atoms with van der Waals surface area (Å²) in [7, 11) is 0. The summed E-state index contributed by atoms with van der Waals surface area (Å²) in [5.74, 6) is 0.759. The van der Waals surface area contributed by atoms with Gasteiger partial charge < -0.3 is 9.72 Å². The smallest absolute Gasteiger partial charge is 0.306 e. The molecule has 144 valence electrons. The minimum absolute atomic E-state index is 0.0402. The van der Waals surface area contributed by atoms with Crippen molar-refractivity contribution in [2.75, 3.05) is 12.9 Å². The first-order valence-corrected chi connectivity index (χ1v) is 11.7. The van der Waals surface area contributed by atoms with Gasteiger partial charge in [0.05, 0.1) is 13.0 Å². The van der Waals surface area contributed by atoms with E-state index >= 15 is 0 Å². The third kappa shape index (κ3) is 3.69. The highest BCUT2D eigenvalue weighted by Crippen LogP contribution is 2.37. The van der Waals surface area contributed by atoms with E-state index in [9.17, 15) is 4.79 Å². The van der Waals surface area contributed by atoms with Crippen LogP contribution < -0.4 is 0 Å². The Kier molecular flexibility index (Phi) is 5.74. The Morgan fingerprint density at radius 2 is 2.14 bits per heavy atom. The molecule has 5 heteroatoms. The number of aromatic nitrogens is 1. The van der Waals surface area contributed by atoms with Crippen LogP contribution in [-0.2, 0) is 15.3 Å². The summed E-state index contributed by atoms with van der Waals surface area (Å²) in [4.78, 5) is 15.9. The molecule has 1 atom stereocenters. The maximum atomic E-state index is 12.4. The predicted octanol–water partition coefficient (Wildman–Crippen LogP) is 6.33. The minimum Gasteiger partial charge on any atom is -0.466 e. The lowest BCUT2D eigenvalue weighted by molar-refractivity contribution is -0.143. The van der Waals surface area contributed by atoms with Gasteiger partial charge in [-0.3, -0.25) is 4.79 Å². The van der Waals surface area contributed by atoms with Crippen LogP contribution in [0.15, 0.2) is 54.0 Å². The van der Waals surface area contributed by atoms with E-state index < -0.39 is 0 Å². The van der Waals surface area contributed by atoms with E-state index in [4.69, 9.17) is 4.74 Å². The van der Waals surface area contributed by atoms with Gasteiger partial charge in [-0.2, -0.15) is 11.8 Å². The van der Waals surface area contributed by atoms with Gasteiger partial charge in [-0.15, -0.1) is 11.3 Å². The van der Waals surface area contributed by atoms with Gasteiger partial charge in [-0.1, -0.05) is 24.3 Å². The van der Waals surface area contributed by atoms with Crippen LogP contribution in [0.25, 0.3) is 21.0 Å². The van der Waals surface area contributed by atoms with E-state index in [1.165, 1.54) is 21.0 Å². The van der Waals surface area contributed by atoms with E-state index in [2.05, 4.69) is 65.3 Å². The number of carbonyl (C=O) groups is 1. The molecule has 0 bridgehead atoms. The number of aromatic amines is 1. The van der Waals surface area contributed by atoms with Crippen molar-refractivity contribution >= 4 is 50.1 Å². The van der Waals surface area contributed by atoms with Crippen LogP contribution in [0.5, 0.6) is 0 Å². The zero-order chi connectivity index (χ0) is 19.5. The van der Waals surface area contributed by atoms with Crippen molar-refractivity contribution in [2.45, 2.75) is 25.0 Å². The number of hydrogen-bond acceptors (Lipinski definition) is 4. The van der Waals surface area contributed by atoms with E-state index in [0.29, 0.717) is 13.0 Å². The number of ether oxygens (including phenoxy) is 1. The fourth-order valence-corrected chi connectivity index (χ4v) is 5.12. The number of nitrogens with one attached hydrogen (secondary N) is 1. The number of H-pyrrole nitrogens is 1. The third-order valence-corrected chi connectivity index (χ3v) is 6.56. The first-order valence-electron chi connectivity index (χ1n) is 9.41. The van der Waals surface area contributed by atoms with Gasteiger partial charge in [-0.25, -0.2) is 0 Å². The summed E-state index contributed by atoms with van der Waals surface area (Å²) >= 11 is 3.55. The second-order valence-corrected chi connectivity index (χ2v) is 8.61. The Morgan fingerprint density at radius 3 is 2.96 bits per heavy atom. The predicted molar refractivity (Wildman–Crippen MR) is 120 cm³/mol. The standard InChI is InChI=1S/C23H23NO2S2/c1-3-26-22(25)12-19(15-7-8-21-16(11-15)9-10-28-21)20-13-24-23-17(14-27-2)5-4-6-18(20)23/h4-11,13,19,24H,3,12,14H2,1-2H3. The number of thioether (sulfide) groups is 1. The average Bonchev–Trinajstić information content (AvgIpc) is 3.33. The Bertz CT molecular complexity index is 1110. The summed E-state index contributed by atoms with van der Waals surface area (Å²) in [6, 6.07) is 15.1. The fourth-order valence-electron chi connectivity index (χ4n) is 3.80. The average molecular weight is 410 g/mol. The lowest BCUT2D eigenvalue weighted by atomic mass is 9.87. The quantitative estimate of drug-likeness (QED) is 0.363. The molecule has 0 fully saturated rings. The van der Waals surface area contributed by atoms with Gasteiger partial charge in [0.2, 0.25) is 0 Å². The number of rotatable bonds is 7. The number of carbonyl (C=O) groups excluding carboxylic acids is 1. The lowest BCUT2D eigenvalue weighted by Crippen LogP contribution is -2.11. The van der Waals surface area contributed by atoms with Crippen molar-refractivity contribution in [3.8, 4) is 0 Å². The molecule has 28 heavy (non-hydrogen) atoms. The van der Waals surface area contributed by atoms with Crippen molar-refractivity contribution < 1.29 is 9.53 Å². The highest BCUT2D eigenvalue weighted by molar-refractivity contribution is 7.97. The Morgan fingerprint density at radius 1 is 1.25 bits per heavy atom. The molecule has 1 unspecified atom stereocenters. The molecule has 0 aliphatic carbocycles. The van der Waals surface area contributed by atoms with E-state index in [0.717, 1.165) is 22.4 Å². The van der Waals surface area contributed by atoms with Gasteiger partial charge in [0.1, 0.15) is 0 Å². The number of hydrogen-bond donors (Lipinski definition) is 1. The largest absolute Gasteiger partial charge is 0.466 e. The van der Waals surface area contributed by atoms with E-state index in [1.54, 1.807) is 11.3 Å². The summed E-state index contributed by atoms with van der Waals surface area (Å²) in [5, 5.41) is 4.51. The fraction of sp³-hybridized carbons (Fsp3) is 0.261. The van der Waals surface area contributed by atoms with Crippen LogP contribution in [0, 0.1) is 0 Å². The number of para-hydroxylation sites is 1. The molecule has 0 aliphatic heterocycles. The second-order valence-electron chi connectivity index (χ2n) is 6.80. The second kappa shape index (κ2) is 8.41. The van der Waals surface area contributed by atoms with Crippen LogP contribution in [0.4, 0.5) is 0 Å². The number of benzene rings is 2. The molecule has 3 nitrogen and oxygen atoms in total. The number of thiophene rings is 1. The van der Waals surface area contributed by atoms with Gasteiger partial charge in [-0.05, 0) is 58.8 Å². The molecule has 4 aromatic rings. The van der Waals surface area contributed by atoms with Gasteiger partial charge in [0, 0.05) is 33.5 Å². The molecule has 0 saturated carbocycles. The van der Waals surface area contributed by atoms with Gasteiger partial charge in [0.15, 0.2) is 0 Å². The Labute approximate surface area is 173 Å². The maximum absolute atomic E-state index is 12.4. The molecule has 0 amide bonds. The molecule has 0 spiro atoms. The molecule has 2 heterocycles. The monoisotopic (exact) mass is 409 g/mol. The molecule has 4 rings (SSSR count). The molecular formula is C23H23NO2S2. The van der Waals surface area contributed by atoms with Gasteiger partial charge >= 0.3 is 5.97 Å². The molecule has 0 radical (unpaired) electrons. The summed E-state index contributed by atoms with van der Waals surface area (Å²) in [5.41, 5.74) is 4.76. The summed E-state index contributed by atoms with van der Waals surface area (Å²) in [6.07, 6.45) is 4.52. The Balaban J connectivity index is 1.82. The van der Waals surface area contributed by atoms with Crippen molar-refractivity contribution in [3.63, 3.8) is 0 Å². The first kappa shape index (κ1) is 19.1. The number of esters is 1. The van der Waals surface area contributed by atoms with Crippen LogP contribution in [0.2, 0.25) is 0 Å². The summed E-state index contributed by atoms with van der Waals surface area (Å²) in [6.45, 7) is 2.26. The van der Waals surface area contributed by atoms with Crippen LogP contribution >= 0.6 is 23.1 Å². The normalized spacial score (nSPS) is 12.5. The van der Waals surface area contributed by atoms with Crippen molar-refractivity contribution in [2.24, 2.45) is 0 Å². The van der Waals surface area contributed by atoms with Crippen LogP contribution in [-0.4, -0.2) is 23.8 Å². The molecule has 0 saturated heterocycles. The highest BCUT2D eigenvalue weighted by Gasteiger charge is 2.23. The zero-order valence-corrected chi connectivity index (χ0v) is 17.7. The first-order chi connectivity index (χ1) is 13.7. The number of fused-ring (bicyclic) bond motifs is 2. The lowest BCUT2D eigenvalue weighted by Gasteiger charge is -2.17. The van der Waals surface area contributed by atoms with Crippen LogP contribution in [0.3, 0.4) is 0 Å². The van der Waals surface area contributed by atoms with E-state index in [-0.39, 0.29) is 11.9 Å². The highest BCUT2D eigenvalue weighted by atomic mass is 32.2. The third-order valence-electron chi connectivity index (χ3n) is 5.06. The molecule has 2 aromatic carbocycles. The molecule has 2 aromatic heterocycles. The molecule has 1 N–H and O–H groups in total. The van der Waals surface area contributed by atoms with Gasteiger partial charge in [0.25, 0.3) is 0 Å². The minimum atomic E-state index is -0.160. The van der Waals surface area contributed by atoms with Crippen LogP contribution in [0.1, 0.15) is 36.0 Å². The SMILES string of the molecule is CCOC(=O)CC(c1ccc2sccc2c1)c1c[nH]c2c(CSC)cccc12. The summed E-state index contributed by atoms with van der Waals surface area (Å²) < 4.78 is 6.55. The van der Waals surface area contributed by atoms with Crippen molar-refractivity contribution in [1.29, 1.82) is 0 Å². The topological polar surface area (TPSA) is 42.1 Å². The molecular weight excluding hydrogens is 386 g/mol.